The lowest BCUT2D eigenvalue weighted by atomic mass is 9.81. The van der Waals surface area contributed by atoms with E-state index in [0.717, 1.165) is 5.92 Å². The Hall–Kier alpha value is -0.830. The summed E-state index contributed by atoms with van der Waals surface area (Å²) in [5.41, 5.74) is 12.0. The van der Waals surface area contributed by atoms with E-state index in [2.05, 4.69) is 17.5 Å². The largest absolute Gasteiger partial charge is 0.327 e. The van der Waals surface area contributed by atoms with Crippen LogP contribution in [0.25, 0.3) is 0 Å². The van der Waals surface area contributed by atoms with Crippen molar-refractivity contribution in [2.45, 2.75) is 25.8 Å². The molecule has 0 aromatic rings. The van der Waals surface area contributed by atoms with Crippen LogP contribution in [0.15, 0.2) is 16.4 Å². The number of fused-ring (bicyclic) bond motifs is 5. The van der Waals surface area contributed by atoms with E-state index in [1.54, 1.807) is 5.57 Å². The number of hydrogen-bond donors (Lipinski definition) is 2. The second kappa shape index (κ2) is 2.35. The van der Waals surface area contributed by atoms with Gasteiger partial charge in [0.05, 0.1) is 0 Å². The molecule has 0 saturated heterocycles. The minimum atomic E-state index is 0.413. The van der Waals surface area contributed by atoms with Crippen LogP contribution in [0.3, 0.4) is 0 Å². The van der Waals surface area contributed by atoms with Crippen molar-refractivity contribution in [2.75, 3.05) is 0 Å². The smallest absolute Gasteiger partial charge is 0.0322 e. The molecule has 2 saturated carbocycles. The summed E-state index contributed by atoms with van der Waals surface area (Å²) >= 11 is 0. The first-order valence-corrected chi connectivity index (χ1v) is 5.03. The Kier molecular flexibility index (Phi) is 1.37. The summed E-state index contributed by atoms with van der Waals surface area (Å²) in [6.07, 6.45) is 4.52. The molecule has 3 nitrogen and oxygen atoms in total. The molecule has 1 heterocycles. The van der Waals surface area contributed by atoms with E-state index in [9.17, 15) is 0 Å². The van der Waals surface area contributed by atoms with Crippen LogP contribution in [-0.2, 0) is 0 Å². The van der Waals surface area contributed by atoms with Gasteiger partial charge in [0.2, 0.25) is 0 Å². The Bertz CT molecular complexity index is 305. The van der Waals surface area contributed by atoms with Gasteiger partial charge in [0.15, 0.2) is 0 Å². The number of nitrogens with two attached hydrogens (primary N) is 1. The van der Waals surface area contributed by atoms with Crippen molar-refractivity contribution in [2.24, 2.45) is 28.6 Å². The molecule has 3 aliphatic rings. The van der Waals surface area contributed by atoms with Gasteiger partial charge in [-0.25, -0.2) is 0 Å². The van der Waals surface area contributed by atoms with Crippen LogP contribution in [0.2, 0.25) is 0 Å². The molecule has 2 fully saturated rings. The molecule has 0 radical (unpaired) electrons. The van der Waals surface area contributed by atoms with Crippen molar-refractivity contribution in [3.8, 4) is 0 Å². The third kappa shape index (κ3) is 0.854. The van der Waals surface area contributed by atoms with Gasteiger partial charge in [0, 0.05) is 23.9 Å². The van der Waals surface area contributed by atoms with Gasteiger partial charge in [0.25, 0.3) is 0 Å². The second-order valence-electron chi connectivity index (χ2n) is 4.49. The second-order valence-corrected chi connectivity index (χ2v) is 4.49. The number of rotatable bonds is 0. The molecule has 4 atom stereocenters. The fourth-order valence-corrected chi connectivity index (χ4v) is 3.30. The molecule has 1 aliphatic heterocycles. The van der Waals surface area contributed by atoms with Crippen LogP contribution >= 0.6 is 0 Å². The summed E-state index contributed by atoms with van der Waals surface area (Å²) in [5.74, 6) is 1.96. The minimum absolute atomic E-state index is 0.413. The van der Waals surface area contributed by atoms with Gasteiger partial charge in [-0.15, -0.1) is 0 Å². The molecule has 0 aromatic heterocycles. The topological polar surface area (TPSA) is 50.4 Å². The van der Waals surface area contributed by atoms with E-state index in [0.29, 0.717) is 17.9 Å². The van der Waals surface area contributed by atoms with E-state index >= 15 is 0 Å². The van der Waals surface area contributed by atoms with Gasteiger partial charge < -0.3 is 5.73 Å². The first kappa shape index (κ1) is 7.56. The lowest BCUT2D eigenvalue weighted by molar-refractivity contribution is 0.418. The van der Waals surface area contributed by atoms with E-state index in [-0.39, 0.29) is 0 Å². The monoisotopic (exact) mass is 177 g/mol. The molecule has 0 amide bonds. The molecule has 4 unspecified atom stereocenters. The standard InChI is InChI=1S/C10H15N3/c1-5-10-6-2-7(9(11)3-6)8(10)4-12-13-5/h4,6-9,13H,2-3,11H2,1H3. The molecule has 0 aromatic carbocycles. The lowest BCUT2D eigenvalue weighted by Gasteiger charge is -2.30. The van der Waals surface area contributed by atoms with Crippen molar-refractivity contribution in [3.63, 3.8) is 0 Å². The van der Waals surface area contributed by atoms with Crippen molar-refractivity contribution in [1.82, 2.24) is 5.43 Å². The molecule has 70 valence electrons. The Labute approximate surface area is 78.1 Å². The molecular weight excluding hydrogens is 162 g/mol. The van der Waals surface area contributed by atoms with Crippen molar-refractivity contribution < 1.29 is 0 Å². The quantitative estimate of drug-likeness (QED) is 0.576. The maximum absolute atomic E-state index is 6.07. The third-order valence-electron chi connectivity index (χ3n) is 3.82. The molecule has 0 spiro atoms. The van der Waals surface area contributed by atoms with Gasteiger partial charge in [-0.3, -0.25) is 5.43 Å². The Balaban J connectivity index is 2.03. The van der Waals surface area contributed by atoms with Crippen molar-refractivity contribution in [3.05, 3.63) is 11.3 Å². The molecule has 3 rings (SSSR count). The molecule has 3 heteroatoms. The zero-order chi connectivity index (χ0) is 9.00. The third-order valence-corrected chi connectivity index (χ3v) is 3.82. The zero-order valence-corrected chi connectivity index (χ0v) is 7.83. The van der Waals surface area contributed by atoms with Gasteiger partial charge in [-0.1, -0.05) is 0 Å². The normalized spacial score (nSPS) is 46.6. The highest BCUT2D eigenvalue weighted by Gasteiger charge is 2.48. The average Bonchev–Trinajstić information content (AvgIpc) is 2.61. The fraction of sp³-hybridized carbons (Fsp3) is 0.700. The summed E-state index contributed by atoms with van der Waals surface area (Å²) in [6, 6.07) is 0.413. The lowest BCUT2D eigenvalue weighted by Crippen LogP contribution is -2.36. The average molecular weight is 177 g/mol. The first-order chi connectivity index (χ1) is 6.27. The van der Waals surface area contributed by atoms with Crippen molar-refractivity contribution in [1.29, 1.82) is 0 Å². The zero-order valence-electron chi connectivity index (χ0n) is 7.83. The van der Waals surface area contributed by atoms with Crippen LogP contribution in [0.4, 0.5) is 0 Å². The highest BCUT2D eigenvalue weighted by molar-refractivity contribution is 5.69. The number of nitrogens with one attached hydrogen (secondary N) is 1. The number of allylic oxidation sites excluding steroid dienone is 2. The van der Waals surface area contributed by atoms with E-state index < -0.39 is 0 Å². The van der Waals surface area contributed by atoms with Crippen LogP contribution in [-0.4, -0.2) is 12.3 Å². The van der Waals surface area contributed by atoms with Crippen LogP contribution in [0.1, 0.15) is 19.8 Å². The first-order valence-electron chi connectivity index (χ1n) is 5.03. The minimum Gasteiger partial charge on any atom is -0.327 e. The molecular formula is C10H15N3. The van der Waals surface area contributed by atoms with Gasteiger partial charge >= 0.3 is 0 Å². The number of nitrogens with zero attached hydrogens (tertiary/aromatic N) is 1. The molecule has 2 aliphatic carbocycles. The summed E-state index contributed by atoms with van der Waals surface area (Å²) < 4.78 is 0. The van der Waals surface area contributed by atoms with E-state index in [1.807, 2.05) is 6.21 Å². The SMILES string of the molecule is CC1=C2C3CC(N)C(C3)C2C=NN1. The molecule has 2 bridgehead atoms. The van der Waals surface area contributed by atoms with Gasteiger partial charge in [0.1, 0.15) is 0 Å². The summed E-state index contributed by atoms with van der Waals surface area (Å²) in [7, 11) is 0. The van der Waals surface area contributed by atoms with Gasteiger partial charge in [-0.2, -0.15) is 5.10 Å². The fourth-order valence-electron chi connectivity index (χ4n) is 3.30. The predicted octanol–water partition coefficient (Wildman–Crippen LogP) is 0.833. The maximum atomic E-state index is 6.07. The van der Waals surface area contributed by atoms with Crippen LogP contribution in [0, 0.1) is 17.8 Å². The Morgan fingerprint density at radius 2 is 2.38 bits per heavy atom. The predicted molar refractivity (Wildman–Crippen MR) is 52.0 cm³/mol. The summed E-state index contributed by atoms with van der Waals surface area (Å²) in [5, 5.41) is 4.17. The van der Waals surface area contributed by atoms with Crippen molar-refractivity contribution >= 4 is 6.21 Å². The summed E-state index contributed by atoms with van der Waals surface area (Å²) in [6.45, 7) is 2.13. The Morgan fingerprint density at radius 1 is 1.54 bits per heavy atom. The van der Waals surface area contributed by atoms with Crippen LogP contribution in [0.5, 0.6) is 0 Å². The van der Waals surface area contributed by atoms with Crippen LogP contribution < -0.4 is 11.2 Å². The molecule has 13 heavy (non-hydrogen) atoms. The maximum Gasteiger partial charge on any atom is 0.0322 e. The highest BCUT2D eigenvalue weighted by atomic mass is 15.3. The highest BCUT2D eigenvalue weighted by Crippen LogP contribution is 2.52. The van der Waals surface area contributed by atoms with E-state index in [4.69, 9.17) is 5.73 Å². The summed E-state index contributed by atoms with van der Waals surface area (Å²) in [4.78, 5) is 0. The Morgan fingerprint density at radius 3 is 3.23 bits per heavy atom. The molecule has 3 N–H and O–H groups in total. The van der Waals surface area contributed by atoms with Gasteiger partial charge in [-0.05, 0) is 37.2 Å². The number of hydrogen-bond acceptors (Lipinski definition) is 3. The van der Waals surface area contributed by atoms with E-state index in [1.165, 1.54) is 18.5 Å². The number of hydrazone groups is 1.